The summed E-state index contributed by atoms with van der Waals surface area (Å²) in [6.07, 6.45) is 16.7. The van der Waals surface area contributed by atoms with Gasteiger partial charge in [-0.2, -0.15) is 0 Å². The van der Waals surface area contributed by atoms with E-state index >= 15 is 0 Å². The molecule has 8 nitrogen and oxygen atoms in total. The molecule has 0 aromatic carbocycles. The summed E-state index contributed by atoms with van der Waals surface area (Å²) in [6.45, 7) is 7.25. The second-order valence-corrected chi connectivity index (χ2v) is 9.06. The van der Waals surface area contributed by atoms with Gasteiger partial charge in [-0.3, -0.25) is 19.8 Å². The number of hydrogen-bond donors (Lipinski definition) is 0. The molecule has 8 heteroatoms. The first kappa shape index (κ1) is 23.1. The third-order valence-corrected chi connectivity index (χ3v) is 6.15. The van der Waals surface area contributed by atoms with E-state index in [4.69, 9.17) is 4.99 Å². The zero-order valence-electron chi connectivity index (χ0n) is 19.9. The molecule has 0 spiro atoms. The fourth-order valence-electron chi connectivity index (χ4n) is 4.17. The van der Waals surface area contributed by atoms with Crippen molar-refractivity contribution in [2.24, 2.45) is 19.1 Å². The van der Waals surface area contributed by atoms with Crippen molar-refractivity contribution in [3.8, 4) is 0 Å². The Hall–Kier alpha value is -3.10. The van der Waals surface area contributed by atoms with Crippen molar-refractivity contribution in [2.75, 3.05) is 19.6 Å². The zero-order valence-corrected chi connectivity index (χ0v) is 19.9. The van der Waals surface area contributed by atoms with Crippen LogP contribution in [0.15, 0.2) is 66.3 Å². The number of hydrogen-bond acceptors (Lipinski definition) is 6. The Morgan fingerprint density at radius 1 is 0.879 bits per heavy atom. The van der Waals surface area contributed by atoms with E-state index in [9.17, 15) is 0 Å². The minimum atomic E-state index is -0.120. The lowest BCUT2D eigenvalue weighted by Gasteiger charge is -2.34. The molecule has 4 rings (SSSR count). The highest BCUT2D eigenvalue weighted by Crippen LogP contribution is 2.21. The van der Waals surface area contributed by atoms with Crippen LogP contribution in [0.3, 0.4) is 0 Å². The van der Waals surface area contributed by atoms with Crippen LogP contribution in [-0.4, -0.2) is 65.3 Å². The molecule has 1 aliphatic rings. The second-order valence-electron chi connectivity index (χ2n) is 9.06. The van der Waals surface area contributed by atoms with E-state index < -0.39 is 0 Å². The van der Waals surface area contributed by atoms with Crippen LogP contribution in [0.2, 0.25) is 0 Å². The Balaban J connectivity index is 1.48. The number of imidazole rings is 2. The van der Waals surface area contributed by atoms with Crippen LogP contribution in [0.4, 0.5) is 0 Å². The van der Waals surface area contributed by atoms with Gasteiger partial charge in [0.05, 0.1) is 24.3 Å². The number of nitrogens with zero attached hydrogens (tertiary/aromatic N) is 8. The molecule has 0 saturated heterocycles. The molecular weight excluding hydrogens is 412 g/mol. The lowest BCUT2D eigenvalue weighted by Crippen LogP contribution is -2.43. The Labute approximate surface area is 196 Å². The third kappa shape index (κ3) is 6.46. The monoisotopic (exact) mass is 446 g/mol. The van der Waals surface area contributed by atoms with Gasteiger partial charge in [0.25, 0.3) is 0 Å². The van der Waals surface area contributed by atoms with Crippen molar-refractivity contribution in [2.45, 2.75) is 38.5 Å². The van der Waals surface area contributed by atoms with Gasteiger partial charge >= 0.3 is 0 Å². The van der Waals surface area contributed by atoms with Crippen LogP contribution in [0, 0.1) is 0 Å². The molecule has 33 heavy (non-hydrogen) atoms. The van der Waals surface area contributed by atoms with Crippen molar-refractivity contribution in [3.05, 3.63) is 78.7 Å². The molecule has 1 unspecified atom stereocenters. The summed E-state index contributed by atoms with van der Waals surface area (Å²) in [7, 11) is 4.10. The van der Waals surface area contributed by atoms with Crippen LogP contribution < -0.4 is 0 Å². The first-order valence-electron chi connectivity index (χ1n) is 11.5. The molecule has 0 bridgehead atoms. The number of allylic oxidation sites excluding steroid dienone is 1. The van der Waals surface area contributed by atoms with Crippen molar-refractivity contribution in [3.63, 3.8) is 0 Å². The molecule has 0 aliphatic carbocycles. The van der Waals surface area contributed by atoms with Gasteiger partial charge in [0.1, 0.15) is 11.6 Å². The fourth-order valence-corrected chi connectivity index (χ4v) is 4.17. The highest BCUT2D eigenvalue weighted by atomic mass is 15.2. The summed E-state index contributed by atoms with van der Waals surface area (Å²) in [5.41, 5.74) is 0.946. The molecule has 3 aromatic rings. The summed E-state index contributed by atoms with van der Waals surface area (Å²) < 4.78 is 4.18. The quantitative estimate of drug-likeness (QED) is 0.453. The fraction of sp³-hybridized carbons (Fsp3) is 0.440. The van der Waals surface area contributed by atoms with E-state index in [-0.39, 0.29) is 5.54 Å². The predicted octanol–water partition coefficient (Wildman–Crippen LogP) is 2.84. The van der Waals surface area contributed by atoms with Gasteiger partial charge in [0.15, 0.2) is 0 Å². The molecule has 0 fully saturated rings. The van der Waals surface area contributed by atoms with Gasteiger partial charge in [-0.25, -0.2) is 9.97 Å². The van der Waals surface area contributed by atoms with Crippen LogP contribution in [0.25, 0.3) is 0 Å². The van der Waals surface area contributed by atoms with E-state index in [1.165, 1.54) is 0 Å². The van der Waals surface area contributed by atoms with Crippen LogP contribution >= 0.6 is 0 Å². The molecule has 0 radical (unpaired) electrons. The van der Waals surface area contributed by atoms with Crippen molar-refractivity contribution < 1.29 is 0 Å². The molecule has 174 valence electrons. The highest BCUT2D eigenvalue weighted by Gasteiger charge is 2.27. The van der Waals surface area contributed by atoms with E-state index in [0.29, 0.717) is 0 Å². The van der Waals surface area contributed by atoms with Gasteiger partial charge in [-0.15, -0.1) is 0 Å². The summed E-state index contributed by atoms with van der Waals surface area (Å²) >= 11 is 0. The minimum absolute atomic E-state index is 0.120. The van der Waals surface area contributed by atoms with Gasteiger partial charge in [0.2, 0.25) is 0 Å². The topological polar surface area (TPSA) is 67.4 Å². The molecule has 3 aromatic heterocycles. The maximum atomic E-state index is 4.80. The highest BCUT2D eigenvalue weighted by molar-refractivity contribution is 5.72. The number of pyridine rings is 1. The van der Waals surface area contributed by atoms with E-state index in [2.05, 4.69) is 60.0 Å². The number of dihydropyridines is 1. The van der Waals surface area contributed by atoms with E-state index in [1.807, 2.05) is 62.5 Å². The van der Waals surface area contributed by atoms with Crippen LogP contribution in [-0.2, 0) is 33.7 Å². The van der Waals surface area contributed by atoms with Gasteiger partial charge < -0.3 is 9.13 Å². The molecule has 0 N–H and O–H groups in total. The maximum absolute atomic E-state index is 4.80. The standard InChI is InChI=1S/C25H34N8/c1-25(9-5-7-11-29-25)21-33(20-24-28-13-15-31(24)3)17-16-32(18-22-8-4-6-10-26-22)19-23-27-12-14-30(23)2/h4-8,10-15H,9,16-21H2,1-3H3. The lowest BCUT2D eigenvalue weighted by molar-refractivity contribution is 0.157. The van der Waals surface area contributed by atoms with Crippen molar-refractivity contribution >= 4 is 6.21 Å². The van der Waals surface area contributed by atoms with E-state index in [1.54, 1.807) is 0 Å². The lowest BCUT2D eigenvalue weighted by atomic mass is 9.96. The minimum Gasteiger partial charge on any atom is -0.337 e. The first-order valence-corrected chi connectivity index (χ1v) is 11.5. The largest absolute Gasteiger partial charge is 0.337 e. The molecule has 0 saturated carbocycles. The van der Waals surface area contributed by atoms with Gasteiger partial charge in [0, 0.05) is 77.5 Å². The van der Waals surface area contributed by atoms with Gasteiger partial charge in [-0.05, 0) is 31.6 Å². The summed E-state index contributed by atoms with van der Waals surface area (Å²) in [4.78, 5) is 23.4. The number of aryl methyl sites for hydroxylation is 2. The smallest absolute Gasteiger partial charge is 0.122 e. The average molecular weight is 447 g/mol. The summed E-state index contributed by atoms with van der Waals surface area (Å²) in [5, 5.41) is 0. The molecular formula is C25H34N8. The molecule has 1 aliphatic heterocycles. The first-order chi connectivity index (χ1) is 16.0. The summed E-state index contributed by atoms with van der Waals surface area (Å²) in [6, 6.07) is 6.09. The van der Waals surface area contributed by atoms with Crippen molar-refractivity contribution in [1.82, 2.24) is 33.9 Å². The third-order valence-electron chi connectivity index (χ3n) is 6.15. The number of rotatable bonds is 11. The zero-order chi connectivity index (χ0) is 23.1. The Morgan fingerprint density at radius 3 is 2.15 bits per heavy atom. The Morgan fingerprint density at radius 2 is 1.58 bits per heavy atom. The SMILES string of the molecule is Cn1ccnc1CN(CCN(Cc1nccn1C)CC1(C)CC=CC=N1)Cc1ccccn1. The number of aromatic nitrogens is 5. The summed E-state index contributed by atoms with van der Waals surface area (Å²) in [5.74, 6) is 2.12. The predicted molar refractivity (Wildman–Crippen MR) is 131 cm³/mol. The van der Waals surface area contributed by atoms with Crippen LogP contribution in [0.5, 0.6) is 0 Å². The average Bonchev–Trinajstić information content (AvgIpc) is 3.40. The van der Waals surface area contributed by atoms with Crippen molar-refractivity contribution in [1.29, 1.82) is 0 Å². The normalized spacial score (nSPS) is 18.0. The molecule has 4 heterocycles. The number of aliphatic imine (C=N–C) groups is 1. The van der Waals surface area contributed by atoms with Gasteiger partial charge in [-0.1, -0.05) is 12.1 Å². The Kier molecular flexibility index (Phi) is 7.47. The van der Waals surface area contributed by atoms with Crippen LogP contribution in [0.1, 0.15) is 30.7 Å². The molecule has 0 amide bonds. The van der Waals surface area contributed by atoms with E-state index in [0.717, 1.165) is 63.0 Å². The maximum Gasteiger partial charge on any atom is 0.122 e. The molecule has 1 atom stereocenters. The Bertz CT molecular complexity index is 1070. The second kappa shape index (κ2) is 10.7.